The van der Waals surface area contributed by atoms with E-state index in [0.29, 0.717) is 0 Å². The Kier molecular flexibility index (Phi) is 2.47. The van der Waals surface area contributed by atoms with Crippen LogP contribution in [0, 0.1) is 0 Å². The smallest absolute Gasteiger partial charge is 0.285 e. The molecular weight excluding hydrogens is 216 g/mol. The van der Waals surface area contributed by atoms with Crippen molar-refractivity contribution in [3.63, 3.8) is 0 Å². The number of aromatic nitrogens is 3. The molecule has 6 heteroatoms. The number of nitrogens with zero attached hydrogens (tertiary/aromatic N) is 3. The van der Waals surface area contributed by atoms with Gasteiger partial charge >= 0.3 is 6.05 Å². The molecule has 0 amide bonds. The van der Waals surface area contributed by atoms with Crippen molar-refractivity contribution in [2.24, 2.45) is 0 Å². The first kappa shape index (κ1) is 10.4. The first-order valence-corrected chi connectivity index (χ1v) is 4.45. The quantitative estimate of drug-likeness (QED) is 0.744. The summed E-state index contributed by atoms with van der Waals surface area (Å²) >= 11 is 0. The van der Waals surface area contributed by atoms with Gasteiger partial charge in [-0.1, -0.05) is 30.3 Å². The molecule has 1 heterocycles. The van der Waals surface area contributed by atoms with E-state index in [1.807, 2.05) is 0 Å². The van der Waals surface area contributed by atoms with Gasteiger partial charge < -0.3 is 0 Å². The lowest BCUT2D eigenvalue weighted by molar-refractivity contribution is -0.0562. The molecule has 0 aliphatic carbocycles. The molecule has 1 aromatic carbocycles. The van der Waals surface area contributed by atoms with E-state index in [0.717, 1.165) is 12.7 Å². The fourth-order valence-electron chi connectivity index (χ4n) is 1.22. The monoisotopic (exact) mass is 223 g/mol. The molecule has 4 nitrogen and oxygen atoms in total. The summed E-state index contributed by atoms with van der Waals surface area (Å²) in [5.74, 6) is -1.31. The van der Waals surface area contributed by atoms with Gasteiger partial charge in [0.15, 0.2) is 0 Å². The van der Waals surface area contributed by atoms with Crippen LogP contribution < -0.4 is 0 Å². The molecule has 2 rings (SSSR count). The molecule has 0 radical (unpaired) electrons. The van der Waals surface area contributed by atoms with Crippen molar-refractivity contribution in [2.75, 3.05) is 0 Å². The Balaban J connectivity index is 2.36. The molecule has 82 valence electrons. The third-order valence-electron chi connectivity index (χ3n) is 2.02. The highest BCUT2D eigenvalue weighted by molar-refractivity contribution is 5.99. The normalized spacial score (nSPS) is 11.4. The molecule has 0 saturated carbocycles. The van der Waals surface area contributed by atoms with Crippen molar-refractivity contribution in [3.8, 4) is 0 Å². The summed E-state index contributed by atoms with van der Waals surface area (Å²) in [6.45, 7) is 0. The molecule has 0 saturated heterocycles. The number of hydrogen-bond acceptors (Lipinski definition) is 3. The van der Waals surface area contributed by atoms with Crippen LogP contribution in [0.5, 0.6) is 0 Å². The Hall–Kier alpha value is -2.11. The number of carbonyl (C=O) groups is 1. The second-order valence-electron chi connectivity index (χ2n) is 3.08. The molecule has 0 atom stereocenters. The van der Waals surface area contributed by atoms with Crippen LogP contribution >= 0.6 is 0 Å². The van der Waals surface area contributed by atoms with Crippen molar-refractivity contribution in [1.29, 1.82) is 0 Å². The van der Waals surface area contributed by atoms with Gasteiger partial charge in [-0.2, -0.15) is 18.6 Å². The van der Waals surface area contributed by atoms with Gasteiger partial charge in [0.2, 0.25) is 0 Å². The summed E-state index contributed by atoms with van der Waals surface area (Å²) in [5, 5.41) is 3.27. The molecular formula is C10H7F2N3O. The summed E-state index contributed by atoms with van der Waals surface area (Å²) in [7, 11) is 0. The van der Waals surface area contributed by atoms with E-state index in [1.54, 1.807) is 6.07 Å². The SMILES string of the molecule is O=C(c1ccccc1)C(F)(F)n1cncn1. The molecule has 0 aliphatic rings. The van der Waals surface area contributed by atoms with Gasteiger partial charge in [-0.3, -0.25) is 4.79 Å². The lowest BCUT2D eigenvalue weighted by Crippen LogP contribution is -2.33. The van der Waals surface area contributed by atoms with Crippen LogP contribution in [0.15, 0.2) is 43.0 Å². The standard InChI is InChI=1S/C10H7F2N3O/c11-10(12,15-7-13-6-14-15)9(16)8-4-2-1-3-5-8/h1-7H. The maximum atomic E-state index is 13.6. The molecule has 0 bridgehead atoms. The second kappa shape index (κ2) is 3.80. The molecule has 0 spiro atoms. The van der Waals surface area contributed by atoms with Gasteiger partial charge in [-0.25, -0.2) is 4.98 Å². The van der Waals surface area contributed by atoms with E-state index in [-0.39, 0.29) is 10.2 Å². The largest absolute Gasteiger partial charge is 0.408 e. The Bertz CT molecular complexity index is 482. The second-order valence-corrected chi connectivity index (χ2v) is 3.08. The Labute approximate surface area is 89.5 Å². The zero-order valence-corrected chi connectivity index (χ0v) is 8.05. The van der Waals surface area contributed by atoms with Crippen LogP contribution in [0.4, 0.5) is 8.78 Å². The van der Waals surface area contributed by atoms with Crippen molar-refractivity contribution in [2.45, 2.75) is 6.05 Å². The number of carbonyl (C=O) groups excluding carboxylic acids is 1. The number of hydrogen-bond donors (Lipinski definition) is 0. The van der Waals surface area contributed by atoms with Crippen molar-refractivity contribution < 1.29 is 13.6 Å². The van der Waals surface area contributed by atoms with Crippen LogP contribution in [-0.4, -0.2) is 20.5 Å². The summed E-state index contributed by atoms with van der Waals surface area (Å²) in [5.41, 5.74) is -0.0667. The average Bonchev–Trinajstić information content (AvgIpc) is 2.83. The average molecular weight is 223 g/mol. The van der Waals surface area contributed by atoms with Gasteiger partial charge in [0.1, 0.15) is 12.7 Å². The van der Waals surface area contributed by atoms with Gasteiger partial charge in [0.25, 0.3) is 5.78 Å². The topological polar surface area (TPSA) is 47.8 Å². The predicted molar refractivity (Wildman–Crippen MR) is 51.0 cm³/mol. The number of Topliss-reactive ketones (excluding diaryl/α,β-unsaturated/α-hetero) is 1. The van der Waals surface area contributed by atoms with Crippen LogP contribution in [0.2, 0.25) is 0 Å². The predicted octanol–water partition coefficient (Wildman–Crippen LogP) is 1.71. The highest BCUT2D eigenvalue weighted by atomic mass is 19.3. The van der Waals surface area contributed by atoms with Crippen molar-refractivity contribution >= 4 is 5.78 Å². The minimum atomic E-state index is -3.71. The summed E-state index contributed by atoms with van der Waals surface area (Å²) in [4.78, 5) is 14.9. The van der Waals surface area contributed by atoms with E-state index < -0.39 is 11.8 Å². The lowest BCUT2D eigenvalue weighted by Gasteiger charge is -2.14. The van der Waals surface area contributed by atoms with E-state index >= 15 is 0 Å². The summed E-state index contributed by atoms with van der Waals surface area (Å²) in [6.07, 6.45) is 1.76. The fraction of sp³-hybridized carbons (Fsp3) is 0.100. The third kappa shape index (κ3) is 1.69. The maximum Gasteiger partial charge on any atom is 0.408 e. The van der Waals surface area contributed by atoms with E-state index in [4.69, 9.17) is 0 Å². The molecule has 0 fully saturated rings. The van der Waals surface area contributed by atoms with Crippen molar-refractivity contribution in [3.05, 3.63) is 48.5 Å². The Morgan fingerprint density at radius 1 is 1.25 bits per heavy atom. The first-order chi connectivity index (χ1) is 7.62. The minimum absolute atomic E-state index is 0.0667. The molecule has 0 N–H and O–H groups in total. The lowest BCUT2D eigenvalue weighted by atomic mass is 10.1. The highest BCUT2D eigenvalue weighted by Crippen LogP contribution is 2.24. The van der Waals surface area contributed by atoms with E-state index in [1.165, 1.54) is 24.3 Å². The number of alkyl halides is 2. The van der Waals surface area contributed by atoms with Gasteiger partial charge in [0.05, 0.1) is 0 Å². The number of benzene rings is 1. The fourth-order valence-corrected chi connectivity index (χ4v) is 1.22. The van der Waals surface area contributed by atoms with Gasteiger partial charge in [-0.05, 0) is 0 Å². The first-order valence-electron chi connectivity index (χ1n) is 4.45. The van der Waals surface area contributed by atoms with Crippen LogP contribution in [0.25, 0.3) is 0 Å². The Morgan fingerprint density at radius 2 is 1.94 bits per heavy atom. The Morgan fingerprint density at radius 3 is 2.50 bits per heavy atom. The molecule has 16 heavy (non-hydrogen) atoms. The number of ketones is 1. The number of halogens is 2. The number of rotatable bonds is 3. The summed E-state index contributed by atoms with van der Waals surface area (Å²) in [6, 6.07) is 3.62. The van der Waals surface area contributed by atoms with Gasteiger partial charge in [0, 0.05) is 5.56 Å². The van der Waals surface area contributed by atoms with Crippen molar-refractivity contribution in [1.82, 2.24) is 14.8 Å². The zero-order chi connectivity index (χ0) is 11.6. The molecule has 1 aromatic heterocycles. The molecule has 0 aliphatic heterocycles. The van der Waals surface area contributed by atoms with Crippen LogP contribution in [0.1, 0.15) is 10.4 Å². The molecule has 0 unspecified atom stereocenters. The molecule has 2 aromatic rings. The minimum Gasteiger partial charge on any atom is -0.285 e. The van der Waals surface area contributed by atoms with E-state index in [9.17, 15) is 13.6 Å². The maximum absolute atomic E-state index is 13.6. The third-order valence-corrected chi connectivity index (χ3v) is 2.02. The van der Waals surface area contributed by atoms with Crippen LogP contribution in [0.3, 0.4) is 0 Å². The zero-order valence-electron chi connectivity index (χ0n) is 8.05. The summed E-state index contributed by atoms with van der Waals surface area (Å²) < 4.78 is 27.4. The van der Waals surface area contributed by atoms with Gasteiger partial charge in [-0.15, -0.1) is 0 Å². The highest BCUT2D eigenvalue weighted by Gasteiger charge is 2.42. The van der Waals surface area contributed by atoms with Crippen LogP contribution in [-0.2, 0) is 6.05 Å². The van der Waals surface area contributed by atoms with E-state index in [2.05, 4.69) is 10.1 Å².